The minimum absolute atomic E-state index is 0.457. The first-order valence-corrected chi connectivity index (χ1v) is 3.79. The molecular formula is C7H5FOS. The Morgan fingerprint density at radius 3 is 3.10 bits per heavy atom. The largest absolute Gasteiger partial charge is 0.430 e. The number of aryl methyl sites for hydroxylation is 1. The average molecular weight is 156 g/mol. The van der Waals surface area contributed by atoms with E-state index in [1.165, 1.54) is 11.3 Å². The lowest BCUT2D eigenvalue weighted by Gasteiger charge is -1.77. The number of hydrogen-bond donors (Lipinski definition) is 0. The van der Waals surface area contributed by atoms with E-state index in [-0.39, 0.29) is 0 Å². The summed E-state index contributed by atoms with van der Waals surface area (Å²) in [7, 11) is 0. The number of rotatable bonds is 0. The van der Waals surface area contributed by atoms with Gasteiger partial charge >= 0.3 is 0 Å². The molecule has 0 saturated carbocycles. The zero-order chi connectivity index (χ0) is 7.14. The van der Waals surface area contributed by atoms with Gasteiger partial charge in [-0.1, -0.05) is 0 Å². The normalized spacial score (nSPS) is 11.0. The molecule has 0 spiro atoms. The number of halogens is 1. The summed E-state index contributed by atoms with van der Waals surface area (Å²) in [4.78, 5) is 0. The summed E-state index contributed by atoms with van der Waals surface area (Å²) >= 11 is 1.50. The Morgan fingerprint density at radius 1 is 1.60 bits per heavy atom. The lowest BCUT2D eigenvalue weighted by atomic mass is 10.3. The molecule has 0 aliphatic rings. The van der Waals surface area contributed by atoms with Crippen LogP contribution in [0.15, 0.2) is 15.9 Å². The Bertz CT molecular complexity index is 360. The third kappa shape index (κ3) is 0.609. The molecule has 10 heavy (non-hydrogen) atoms. The number of furan rings is 1. The van der Waals surface area contributed by atoms with E-state index in [1.807, 2.05) is 5.38 Å². The summed E-state index contributed by atoms with van der Waals surface area (Å²) in [6.07, 6.45) is 0. The van der Waals surface area contributed by atoms with Crippen LogP contribution in [-0.2, 0) is 0 Å². The highest BCUT2D eigenvalue weighted by molar-refractivity contribution is 7.17. The van der Waals surface area contributed by atoms with Gasteiger partial charge in [0.15, 0.2) is 0 Å². The SMILES string of the molecule is Cc1c(F)oc2ccsc12. The molecule has 2 aromatic heterocycles. The first kappa shape index (κ1) is 5.92. The van der Waals surface area contributed by atoms with Crippen LogP contribution in [0.5, 0.6) is 0 Å². The van der Waals surface area contributed by atoms with Crippen molar-refractivity contribution in [1.29, 1.82) is 0 Å². The zero-order valence-corrected chi connectivity index (χ0v) is 6.17. The van der Waals surface area contributed by atoms with Crippen molar-refractivity contribution in [1.82, 2.24) is 0 Å². The van der Waals surface area contributed by atoms with Crippen LogP contribution < -0.4 is 0 Å². The quantitative estimate of drug-likeness (QED) is 0.571. The predicted molar refractivity (Wildman–Crippen MR) is 38.8 cm³/mol. The van der Waals surface area contributed by atoms with Crippen LogP contribution in [0.3, 0.4) is 0 Å². The van der Waals surface area contributed by atoms with E-state index < -0.39 is 6.01 Å². The van der Waals surface area contributed by atoms with Crippen molar-refractivity contribution in [3.05, 3.63) is 23.0 Å². The molecule has 0 bridgehead atoms. The molecule has 2 heterocycles. The number of thiophene rings is 1. The second-order valence-corrected chi connectivity index (χ2v) is 3.03. The van der Waals surface area contributed by atoms with Crippen LogP contribution in [0, 0.1) is 12.9 Å². The smallest absolute Gasteiger partial charge is 0.282 e. The van der Waals surface area contributed by atoms with Gasteiger partial charge in [-0.3, -0.25) is 0 Å². The van der Waals surface area contributed by atoms with Gasteiger partial charge in [0.1, 0.15) is 5.58 Å². The Morgan fingerprint density at radius 2 is 2.40 bits per heavy atom. The molecule has 3 heteroatoms. The molecule has 0 saturated heterocycles. The topological polar surface area (TPSA) is 13.1 Å². The lowest BCUT2D eigenvalue weighted by Crippen LogP contribution is -1.66. The van der Waals surface area contributed by atoms with E-state index in [9.17, 15) is 4.39 Å². The Kier molecular flexibility index (Phi) is 1.08. The third-order valence-corrected chi connectivity index (χ3v) is 2.48. The van der Waals surface area contributed by atoms with Gasteiger partial charge in [0.05, 0.1) is 4.70 Å². The van der Waals surface area contributed by atoms with E-state index in [2.05, 4.69) is 0 Å². The van der Waals surface area contributed by atoms with Crippen LogP contribution >= 0.6 is 11.3 Å². The number of hydrogen-bond acceptors (Lipinski definition) is 2. The van der Waals surface area contributed by atoms with Crippen LogP contribution in [0.25, 0.3) is 10.3 Å². The Hall–Kier alpha value is -0.830. The summed E-state index contributed by atoms with van der Waals surface area (Å²) in [5, 5.41) is 1.89. The molecule has 0 radical (unpaired) electrons. The molecule has 0 aromatic carbocycles. The van der Waals surface area contributed by atoms with E-state index in [4.69, 9.17) is 4.42 Å². The monoisotopic (exact) mass is 156 g/mol. The molecule has 0 unspecified atom stereocenters. The van der Waals surface area contributed by atoms with Gasteiger partial charge in [0.2, 0.25) is 0 Å². The minimum Gasteiger partial charge on any atom is -0.430 e. The molecule has 2 rings (SSSR count). The predicted octanol–water partition coefficient (Wildman–Crippen LogP) is 2.94. The molecular weight excluding hydrogens is 151 g/mol. The van der Waals surface area contributed by atoms with Crippen LogP contribution in [-0.4, -0.2) is 0 Å². The Balaban J connectivity index is 2.95. The van der Waals surface area contributed by atoms with Crippen molar-refractivity contribution >= 4 is 21.6 Å². The van der Waals surface area contributed by atoms with Gasteiger partial charge < -0.3 is 4.42 Å². The summed E-state index contributed by atoms with van der Waals surface area (Å²) in [6.45, 7) is 1.72. The van der Waals surface area contributed by atoms with Crippen molar-refractivity contribution < 1.29 is 8.81 Å². The fourth-order valence-corrected chi connectivity index (χ4v) is 1.72. The fraction of sp³-hybridized carbons (Fsp3) is 0.143. The molecule has 52 valence electrons. The van der Waals surface area contributed by atoms with Gasteiger partial charge in [-0.25, -0.2) is 0 Å². The lowest BCUT2D eigenvalue weighted by molar-refractivity contribution is 0.376. The van der Waals surface area contributed by atoms with Crippen LogP contribution in [0.1, 0.15) is 5.56 Å². The van der Waals surface area contributed by atoms with Gasteiger partial charge in [-0.2, -0.15) is 4.39 Å². The molecule has 0 atom stereocenters. The highest BCUT2D eigenvalue weighted by atomic mass is 32.1. The molecule has 2 aromatic rings. The van der Waals surface area contributed by atoms with E-state index in [0.717, 1.165) is 4.70 Å². The van der Waals surface area contributed by atoms with E-state index in [0.29, 0.717) is 11.1 Å². The molecule has 0 amide bonds. The molecule has 0 aliphatic carbocycles. The Labute approximate surface area is 61.1 Å². The maximum absolute atomic E-state index is 12.6. The van der Waals surface area contributed by atoms with Crippen molar-refractivity contribution in [2.45, 2.75) is 6.92 Å². The third-order valence-electron chi connectivity index (χ3n) is 1.46. The van der Waals surface area contributed by atoms with Gasteiger partial charge in [0.25, 0.3) is 6.01 Å². The van der Waals surface area contributed by atoms with E-state index >= 15 is 0 Å². The summed E-state index contributed by atoms with van der Waals surface area (Å²) in [5.74, 6) is 0. The summed E-state index contributed by atoms with van der Waals surface area (Å²) < 4.78 is 18.3. The van der Waals surface area contributed by atoms with Gasteiger partial charge in [-0.15, -0.1) is 11.3 Å². The van der Waals surface area contributed by atoms with Gasteiger partial charge in [-0.05, 0) is 18.4 Å². The second kappa shape index (κ2) is 1.83. The minimum atomic E-state index is -0.457. The van der Waals surface area contributed by atoms with E-state index in [1.54, 1.807) is 13.0 Å². The molecule has 0 aliphatic heterocycles. The van der Waals surface area contributed by atoms with Crippen molar-refractivity contribution in [2.75, 3.05) is 0 Å². The van der Waals surface area contributed by atoms with Crippen molar-refractivity contribution in [3.8, 4) is 0 Å². The van der Waals surface area contributed by atoms with Crippen molar-refractivity contribution in [2.24, 2.45) is 0 Å². The molecule has 0 N–H and O–H groups in total. The average Bonchev–Trinajstić information content (AvgIpc) is 2.41. The summed E-state index contributed by atoms with van der Waals surface area (Å²) in [6, 6.07) is 1.32. The van der Waals surface area contributed by atoms with Crippen LogP contribution in [0.2, 0.25) is 0 Å². The molecule has 0 fully saturated rings. The fourth-order valence-electron chi connectivity index (χ4n) is 0.914. The highest BCUT2D eigenvalue weighted by Crippen LogP contribution is 2.28. The zero-order valence-electron chi connectivity index (χ0n) is 5.35. The van der Waals surface area contributed by atoms with Crippen molar-refractivity contribution in [3.63, 3.8) is 0 Å². The van der Waals surface area contributed by atoms with Crippen LogP contribution in [0.4, 0.5) is 4.39 Å². The first-order valence-electron chi connectivity index (χ1n) is 2.91. The maximum Gasteiger partial charge on any atom is 0.282 e. The highest BCUT2D eigenvalue weighted by Gasteiger charge is 2.09. The maximum atomic E-state index is 12.6. The van der Waals surface area contributed by atoms with Gasteiger partial charge in [0, 0.05) is 5.56 Å². The first-order chi connectivity index (χ1) is 4.79. The second-order valence-electron chi connectivity index (χ2n) is 2.11. The summed E-state index contributed by atoms with van der Waals surface area (Å²) in [5.41, 5.74) is 1.27. The standard InChI is InChI=1S/C7H5FOS/c1-4-6-5(2-3-10-6)9-7(4)8/h2-3H,1H3. The molecule has 1 nitrogen and oxygen atoms in total. The number of fused-ring (bicyclic) bond motifs is 1.